The fourth-order valence-corrected chi connectivity index (χ4v) is 5.93. The normalized spacial score (nSPS) is 14.8. The van der Waals surface area contributed by atoms with E-state index in [2.05, 4.69) is 49.5 Å². The number of amides is 1. The van der Waals surface area contributed by atoms with Crippen molar-refractivity contribution >= 4 is 40.0 Å². The van der Waals surface area contributed by atoms with Crippen LogP contribution in [-0.4, -0.2) is 38.7 Å². The number of carbonyl (C=O) groups excluding carboxylic acids is 1. The lowest BCUT2D eigenvalue weighted by atomic mass is 9.96. The third kappa shape index (κ3) is 6.32. The van der Waals surface area contributed by atoms with Crippen LogP contribution >= 0.6 is 23.2 Å². The number of benzene rings is 3. The van der Waals surface area contributed by atoms with Crippen molar-refractivity contribution in [3.05, 3.63) is 117 Å². The standard InChI is InChI=1S/C32H32Cl2N6O/c33-26-11-10-22(16-27(26)34)20-40-30(17-21-6-2-1-3-7-21)38-39-31(40)29(37-32(41)23-12-14-35-15-13-23)18-24-19-36-28-9-5-4-8-25(24)28/h1-11,16,19,23,29,35-36H,12-15,17-18,20H2,(H,37,41). The van der Waals surface area contributed by atoms with Gasteiger partial charge in [-0.1, -0.05) is 77.8 Å². The first-order valence-corrected chi connectivity index (χ1v) is 14.8. The monoisotopic (exact) mass is 586 g/mol. The number of nitrogens with zero attached hydrogens (tertiary/aromatic N) is 3. The maximum atomic E-state index is 13.6. The molecule has 0 spiro atoms. The van der Waals surface area contributed by atoms with E-state index in [1.54, 1.807) is 0 Å². The van der Waals surface area contributed by atoms with Crippen molar-refractivity contribution in [2.75, 3.05) is 13.1 Å². The summed E-state index contributed by atoms with van der Waals surface area (Å²) in [6.45, 7) is 2.19. The van der Waals surface area contributed by atoms with E-state index in [-0.39, 0.29) is 17.9 Å². The van der Waals surface area contributed by atoms with E-state index in [9.17, 15) is 4.79 Å². The van der Waals surface area contributed by atoms with Crippen molar-refractivity contribution < 1.29 is 4.79 Å². The van der Waals surface area contributed by atoms with E-state index in [4.69, 9.17) is 28.3 Å². The molecular weight excluding hydrogens is 555 g/mol. The van der Waals surface area contributed by atoms with Crippen LogP contribution in [-0.2, 0) is 24.2 Å². The van der Waals surface area contributed by atoms with E-state index >= 15 is 0 Å². The minimum atomic E-state index is -0.378. The van der Waals surface area contributed by atoms with Gasteiger partial charge in [-0.2, -0.15) is 0 Å². The molecule has 5 aromatic rings. The maximum Gasteiger partial charge on any atom is 0.223 e. The quantitative estimate of drug-likeness (QED) is 0.194. The lowest BCUT2D eigenvalue weighted by Crippen LogP contribution is -2.41. The second-order valence-electron chi connectivity index (χ2n) is 10.6. The number of fused-ring (bicyclic) bond motifs is 1. The van der Waals surface area contributed by atoms with Crippen LogP contribution in [0.3, 0.4) is 0 Å². The Morgan fingerprint density at radius 1 is 0.951 bits per heavy atom. The molecule has 210 valence electrons. The molecule has 3 aromatic carbocycles. The highest BCUT2D eigenvalue weighted by molar-refractivity contribution is 6.42. The van der Waals surface area contributed by atoms with Gasteiger partial charge in [-0.15, -0.1) is 10.2 Å². The fourth-order valence-electron chi connectivity index (χ4n) is 5.61. The SMILES string of the molecule is O=C(NC(Cc1c[nH]c2ccccc12)c1nnc(Cc2ccccc2)n1Cc1ccc(Cl)c(Cl)c1)C1CCNCC1. The average molecular weight is 588 g/mol. The minimum absolute atomic E-state index is 0.0306. The summed E-state index contributed by atoms with van der Waals surface area (Å²) in [5.74, 6) is 1.56. The minimum Gasteiger partial charge on any atom is -0.361 e. The Bertz CT molecular complexity index is 1640. The summed E-state index contributed by atoms with van der Waals surface area (Å²) in [5.41, 5.74) is 4.29. The number of piperidine rings is 1. The average Bonchev–Trinajstić information content (AvgIpc) is 3.59. The number of nitrogens with one attached hydrogen (secondary N) is 3. The summed E-state index contributed by atoms with van der Waals surface area (Å²) in [6, 6.07) is 23.7. The smallest absolute Gasteiger partial charge is 0.223 e. The van der Waals surface area contributed by atoms with Gasteiger partial charge in [0.25, 0.3) is 0 Å². The molecule has 1 fully saturated rings. The van der Waals surface area contributed by atoms with Crippen molar-refractivity contribution in [3.8, 4) is 0 Å². The van der Waals surface area contributed by atoms with E-state index in [0.29, 0.717) is 29.4 Å². The number of hydrogen-bond acceptors (Lipinski definition) is 4. The summed E-state index contributed by atoms with van der Waals surface area (Å²) in [6.07, 6.45) is 4.85. The first-order valence-electron chi connectivity index (χ1n) is 14.0. The second-order valence-corrected chi connectivity index (χ2v) is 11.4. The number of aromatic nitrogens is 4. The number of para-hydroxylation sites is 1. The topological polar surface area (TPSA) is 87.6 Å². The van der Waals surface area contributed by atoms with Gasteiger partial charge in [0, 0.05) is 35.9 Å². The molecule has 1 aliphatic heterocycles. The van der Waals surface area contributed by atoms with Gasteiger partial charge in [0.1, 0.15) is 5.82 Å². The molecule has 6 rings (SSSR count). The molecule has 0 aliphatic carbocycles. The molecular formula is C32H32Cl2N6O. The number of aromatic amines is 1. The molecule has 3 N–H and O–H groups in total. The highest BCUT2D eigenvalue weighted by Gasteiger charge is 2.28. The van der Waals surface area contributed by atoms with E-state index < -0.39 is 0 Å². The van der Waals surface area contributed by atoms with Gasteiger partial charge in [-0.25, -0.2) is 0 Å². The lowest BCUT2D eigenvalue weighted by molar-refractivity contribution is -0.126. The molecule has 1 aliphatic rings. The zero-order chi connectivity index (χ0) is 28.2. The van der Waals surface area contributed by atoms with E-state index in [0.717, 1.165) is 65.2 Å². The Morgan fingerprint density at radius 3 is 2.54 bits per heavy atom. The van der Waals surface area contributed by atoms with Crippen molar-refractivity contribution in [2.45, 2.75) is 38.3 Å². The third-order valence-electron chi connectivity index (χ3n) is 7.82. The molecule has 1 atom stereocenters. The second kappa shape index (κ2) is 12.5. The number of carbonyl (C=O) groups is 1. The Balaban J connectivity index is 1.40. The van der Waals surface area contributed by atoms with Gasteiger partial charge in [-0.3, -0.25) is 4.79 Å². The van der Waals surface area contributed by atoms with Gasteiger partial charge < -0.3 is 20.2 Å². The summed E-state index contributed by atoms with van der Waals surface area (Å²) < 4.78 is 2.12. The summed E-state index contributed by atoms with van der Waals surface area (Å²) >= 11 is 12.6. The summed E-state index contributed by atoms with van der Waals surface area (Å²) in [7, 11) is 0. The van der Waals surface area contributed by atoms with Gasteiger partial charge in [0.15, 0.2) is 5.82 Å². The molecule has 41 heavy (non-hydrogen) atoms. The zero-order valence-corrected chi connectivity index (χ0v) is 24.1. The summed E-state index contributed by atoms with van der Waals surface area (Å²) in [5, 5.41) is 18.3. The summed E-state index contributed by atoms with van der Waals surface area (Å²) in [4.78, 5) is 17.0. The molecule has 0 saturated carbocycles. The number of hydrogen-bond donors (Lipinski definition) is 3. The van der Waals surface area contributed by atoms with Crippen LogP contribution in [0.1, 0.15) is 47.2 Å². The van der Waals surface area contributed by atoms with Gasteiger partial charge in [0.2, 0.25) is 5.91 Å². The van der Waals surface area contributed by atoms with Crippen LogP contribution in [0.4, 0.5) is 0 Å². The van der Waals surface area contributed by atoms with Crippen LogP contribution in [0, 0.1) is 5.92 Å². The molecule has 9 heteroatoms. The fraction of sp³-hybridized carbons (Fsp3) is 0.281. The largest absolute Gasteiger partial charge is 0.361 e. The van der Waals surface area contributed by atoms with Gasteiger partial charge in [0.05, 0.1) is 22.6 Å². The van der Waals surface area contributed by atoms with E-state index in [1.807, 2.05) is 54.7 Å². The third-order valence-corrected chi connectivity index (χ3v) is 8.56. The predicted molar refractivity (Wildman–Crippen MR) is 163 cm³/mol. The number of rotatable bonds is 9. The Morgan fingerprint density at radius 2 is 1.73 bits per heavy atom. The Labute approximate surface area is 249 Å². The molecule has 1 saturated heterocycles. The molecule has 3 heterocycles. The molecule has 0 radical (unpaired) electrons. The van der Waals surface area contributed by atoms with Crippen LogP contribution in [0.15, 0.2) is 79.0 Å². The van der Waals surface area contributed by atoms with Crippen LogP contribution in [0.5, 0.6) is 0 Å². The van der Waals surface area contributed by atoms with Crippen molar-refractivity contribution in [1.29, 1.82) is 0 Å². The maximum absolute atomic E-state index is 13.6. The van der Waals surface area contributed by atoms with Gasteiger partial charge >= 0.3 is 0 Å². The first kappa shape index (κ1) is 27.5. The molecule has 7 nitrogen and oxygen atoms in total. The number of H-pyrrole nitrogens is 1. The zero-order valence-electron chi connectivity index (χ0n) is 22.6. The highest BCUT2D eigenvalue weighted by Crippen LogP contribution is 2.28. The van der Waals surface area contributed by atoms with E-state index in [1.165, 1.54) is 0 Å². The van der Waals surface area contributed by atoms with Crippen LogP contribution in [0.25, 0.3) is 10.9 Å². The lowest BCUT2D eigenvalue weighted by Gasteiger charge is -2.26. The Hall–Kier alpha value is -3.65. The highest BCUT2D eigenvalue weighted by atomic mass is 35.5. The molecule has 0 bridgehead atoms. The molecule has 1 unspecified atom stereocenters. The Kier molecular flexibility index (Phi) is 8.37. The molecule has 1 amide bonds. The predicted octanol–water partition coefficient (Wildman–Crippen LogP) is 6.10. The number of halogens is 2. The molecule has 2 aromatic heterocycles. The van der Waals surface area contributed by atoms with Gasteiger partial charge in [-0.05, 0) is 60.8 Å². The van der Waals surface area contributed by atoms with Crippen molar-refractivity contribution in [2.24, 2.45) is 5.92 Å². The first-order chi connectivity index (χ1) is 20.0. The van der Waals surface area contributed by atoms with Crippen LogP contribution < -0.4 is 10.6 Å². The van der Waals surface area contributed by atoms with Crippen molar-refractivity contribution in [3.63, 3.8) is 0 Å². The van der Waals surface area contributed by atoms with Crippen LogP contribution in [0.2, 0.25) is 10.0 Å². The van der Waals surface area contributed by atoms with Crippen molar-refractivity contribution in [1.82, 2.24) is 30.4 Å².